The van der Waals surface area contributed by atoms with Gasteiger partial charge in [0.2, 0.25) is 11.9 Å². The fraction of sp³-hybridized carbons (Fsp3) is 0.636. The number of carbonyl (C=O) groups is 1. The standard InChI is InChI=1S/C22H33N7O/c1-5-28(6-2)21(30)18-11-8-12-29(18)22-23-16-10-7-9-15(16)20(25-22)24-19-13-17(14(3)4)26-27-19/h13-14,18H,5-12H2,1-4H3,(H2,23,24,25,26,27)/t18-/m1/s1. The second kappa shape index (κ2) is 8.62. The molecule has 162 valence electrons. The number of anilines is 3. The lowest BCUT2D eigenvalue weighted by atomic mass is 10.1. The van der Waals surface area contributed by atoms with Crippen LogP contribution in [-0.4, -0.2) is 56.6 Å². The molecule has 30 heavy (non-hydrogen) atoms. The summed E-state index contributed by atoms with van der Waals surface area (Å²) in [5.74, 6) is 2.84. The van der Waals surface area contributed by atoms with Crippen molar-refractivity contribution in [3.05, 3.63) is 23.0 Å². The van der Waals surface area contributed by atoms with E-state index in [1.165, 1.54) is 5.56 Å². The zero-order valence-corrected chi connectivity index (χ0v) is 18.5. The number of hydrogen-bond acceptors (Lipinski definition) is 6. The Hall–Kier alpha value is -2.64. The monoisotopic (exact) mass is 411 g/mol. The predicted octanol–water partition coefficient (Wildman–Crippen LogP) is 3.39. The van der Waals surface area contributed by atoms with E-state index < -0.39 is 0 Å². The van der Waals surface area contributed by atoms with Crippen LogP contribution >= 0.6 is 0 Å². The number of nitrogens with one attached hydrogen (secondary N) is 2. The second-order valence-electron chi connectivity index (χ2n) is 8.50. The Morgan fingerprint density at radius 3 is 2.77 bits per heavy atom. The van der Waals surface area contributed by atoms with Crippen molar-refractivity contribution in [1.29, 1.82) is 0 Å². The summed E-state index contributed by atoms with van der Waals surface area (Å²) in [5, 5.41) is 10.9. The van der Waals surface area contributed by atoms with Gasteiger partial charge in [-0.05, 0) is 51.9 Å². The van der Waals surface area contributed by atoms with Gasteiger partial charge in [-0.1, -0.05) is 13.8 Å². The van der Waals surface area contributed by atoms with Crippen molar-refractivity contribution in [1.82, 2.24) is 25.1 Å². The number of aromatic amines is 1. The van der Waals surface area contributed by atoms with Gasteiger partial charge in [0.05, 0.1) is 5.69 Å². The van der Waals surface area contributed by atoms with Crippen molar-refractivity contribution in [2.75, 3.05) is 29.9 Å². The normalized spacial score (nSPS) is 18.2. The first-order valence-corrected chi connectivity index (χ1v) is 11.3. The Morgan fingerprint density at radius 2 is 2.07 bits per heavy atom. The number of carbonyl (C=O) groups excluding carboxylic acids is 1. The number of nitrogens with zero attached hydrogens (tertiary/aromatic N) is 5. The van der Waals surface area contributed by atoms with Gasteiger partial charge < -0.3 is 15.1 Å². The van der Waals surface area contributed by atoms with Crippen LogP contribution in [-0.2, 0) is 17.6 Å². The van der Waals surface area contributed by atoms with Gasteiger partial charge in [0, 0.05) is 37.0 Å². The molecule has 2 aromatic rings. The first kappa shape index (κ1) is 20.6. The van der Waals surface area contributed by atoms with Crippen LogP contribution in [0.4, 0.5) is 17.6 Å². The molecule has 8 nitrogen and oxygen atoms in total. The van der Waals surface area contributed by atoms with E-state index in [-0.39, 0.29) is 11.9 Å². The summed E-state index contributed by atoms with van der Waals surface area (Å²) >= 11 is 0. The Kier molecular flexibility index (Phi) is 5.92. The highest BCUT2D eigenvalue weighted by Gasteiger charge is 2.35. The third-order valence-corrected chi connectivity index (χ3v) is 6.26. The lowest BCUT2D eigenvalue weighted by Gasteiger charge is -2.29. The smallest absolute Gasteiger partial charge is 0.245 e. The lowest BCUT2D eigenvalue weighted by molar-refractivity contribution is -0.132. The summed E-state index contributed by atoms with van der Waals surface area (Å²) in [6, 6.07) is 1.87. The molecule has 2 N–H and O–H groups in total. The molecule has 1 saturated heterocycles. The van der Waals surface area contributed by atoms with E-state index in [0.717, 1.165) is 74.8 Å². The molecule has 2 aliphatic rings. The minimum Gasteiger partial charge on any atom is -0.341 e. The topological polar surface area (TPSA) is 90.0 Å². The molecule has 2 aromatic heterocycles. The van der Waals surface area contributed by atoms with Gasteiger partial charge in [-0.2, -0.15) is 10.1 Å². The van der Waals surface area contributed by atoms with Crippen LogP contribution in [0.15, 0.2) is 6.07 Å². The van der Waals surface area contributed by atoms with Crippen molar-refractivity contribution in [3.8, 4) is 0 Å². The number of fused-ring (bicyclic) bond motifs is 1. The molecule has 1 fully saturated rings. The van der Waals surface area contributed by atoms with Crippen molar-refractivity contribution >= 4 is 23.5 Å². The van der Waals surface area contributed by atoms with Crippen LogP contribution < -0.4 is 10.2 Å². The van der Waals surface area contributed by atoms with E-state index >= 15 is 0 Å². The van der Waals surface area contributed by atoms with Crippen LogP contribution in [0.5, 0.6) is 0 Å². The van der Waals surface area contributed by atoms with Gasteiger partial charge >= 0.3 is 0 Å². The third kappa shape index (κ3) is 3.87. The van der Waals surface area contributed by atoms with Gasteiger partial charge in [0.25, 0.3) is 0 Å². The molecule has 1 aliphatic carbocycles. The van der Waals surface area contributed by atoms with E-state index in [2.05, 4.69) is 34.3 Å². The number of aryl methyl sites for hydroxylation is 1. The molecule has 1 amide bonds. The lowest BCUT2D eigenvalue weighted by Crippen LogP contribution is -2.46. The predicted molar refractivity (Wildman–Crippen MR) is 118 cm³/mol. The maximum atomic E-state index is 13.1. The van der Waals surface area contributed by atoms with Crippen molar-refractivity contribution in [2.24, 2.45) is 0 Å². The maximum absolute atomic E-state index is 13.1. The van der Waals surface area contributed by atoms with Gasteiger partial charge in [-0.25, -0.2) is 4.98 Å². The van der Waals surface area contributed by atoms with Gasteiger partial charge in [-0.15, -0.1) is 0 Å². The van der Waals surface area contributed by atoms with Crippen molar-refractivity contribution in [3.63, 3.8) is 0 Å². The summed E-state index contributed by atoms with van der Waals surface area (Å²) < 4.78 is 0. The average Bonchev–Trinajstić information content (AvgIpc) is 3.48. The van der Waals surface area contributed by atoms with Crippen LogP contribution in [0.1, 0.15) is 69.8 Å². The summed E-state index contributed by atoms with van der Waals surface area (Å²) in [5.41, 5.74) is 3.37. The fourth-order valence-electron chi connectivity index (χ4n) is 4.48. The van der Waals surface area contributed by atoms with Crippen LogP contribution in [0, 0.1) is 0 Å². The quantitative estimate of drug-likeness (QED) is 0.726. The molecule has 3 heterocycles. The first-order valence-electron chi connectivity index (χ1n) is 11.3. The molecule has 0 saturated carbocycles. The maximum Gasteiger partial charge on any atom is 0.245 e. The molecule has 0 unspecified atom stereocenters. The molecule has 0 spiro atoms. The summed E-state index contributed by atoms with van der Waals surface area (Å²) in [7, 11) is 0. The highest BCUT2D eigenvalue weighted by Crippen LogP contribution is 2.33. The Balaban J connectivity index is 1.64. The number of rotatable bonds is 7. The van der Waals surface area contributed by atoms with Crippen molar-refractivity contribution in [2.45, 2.75) is 71.8 Å². The minimum atomic E-state index is -0.171. The van der Waals surface area contributed by atoms with E-state index in [0.29, 0.717) is 11.9 Å². The molecular weight excluding hydrogens is 378 g/mol. The third-order valence-electron chi connectivity index (χ3n) is 6.26. The van der Waals surface area contributed by atoms with E-state index in [4.69, 9.17) is 9.97 Å². The highest BCUT2D eigenvalue weighted by molar-refractivity contribution is 5.85. The molecule has 0 radical (unpaired) electrons. The second-order valence-corrected chi connectivity index (χ2v) is 8.50. The molecule has 1 atom stereocenters. The zero-order valence-electron chi connectivity index (χ0n) is 18.5. The Bertz CT molecular complexity index is 903. The number of likely N-dealkylation sites (N-methyl/N-ethyl adjacent to an activating group) is 1. The fourth-order valence-corrected chi connectivity index (χ4v) is 4.48. The average molecular weight is 412 g/mol. The number of hydrogen-bond donors (Lipinski definition) is 2. The largest absolute Gasteiger partial charge is 0.341 e. The summed E-state index contributed by atoms with van der Waals surface area (Å²) in [6.07, 6.45) is 4.86. The number of amides is 1. The molecule has 0 aromatic carbocycles. The summed E-state index contributed by atoms with van der Waals surface area (Å²) in [6.45, 7) is 10.6. The molecule has 0 bridgehead atoms. The minimum absolute atomic E-state index is 0.171. The van der Waals surface area contributed by atoms with E-state index in [1.807, 2.05) is 24.8 Å². The number of H-pyrrole nitrogens is 1. The SMILES string of the molecule is CCN(CC)C(=O)[C@H]1CCCN1c1nc2c(c(Nc3cc(C(C)C)[nH]n3)n1)CCC2. The Morgan fingerprint density at radius 1 is 1.27 bits per heavy atom. The number of aromatic nitrogens is 4. The molecule has 4 rings (SSSR count). The molecule has 8 heteroatoms. The van der Waals surface area contributed by atoms with E-state index in [1.54, 1.807) is 0 Å². The van der Waals surface area contributed by atoms with Crippen LogP contribution in [0.2, 0.25) is 0 Å². The molecular formula is C22H33N7O. The van der Waals surface area contributed by atoms with Gasteiger partial charge in [0.15, 0.2) is 5.82 Å². The van der Waals surface area contributed by atoms with Crippen molar-refractivity contribution < 1.29 is 4.79 Å². The Labute approximate surface area is 178 Å². The van der Waals surface area contributed by atoms with Crippen LogP contribution in [0.3, 0.4) is 0 Å². The van der Waals surface area contributed by atoms with E-state index in [9.17, 15) is 4.79 Å². The van der Waals surface area contributed by atoms with Crippen LogP contribution in [0.25, 0.3) is 0 Å². The summed E-state index contributed by atoms with van der Waals surface area (Å²) in [4.78, 5) is 26.9. The van der Waals surface area contributed by atoms with Gasteiger partial charge in [-0.3, -0.25) is 9.89 Å². The van der Waals surface area contributed by atoms with Gasteiger partial charge in [0.1, 0.15) is 11.9 Å². The zero-order chi connectivity index (χ0) is 21.3. The first-order chi connectivity index (χ1) is 14.5. The molecule has 1 aliphatic heterocycles. The highest BCUT2D eigenvalue weighted by atomic mass is 16.2.